The summed E-state index contributed by atoms with van der Waals surface area (Å²) in [6.07, 6.45) is 3.27. The van der Waals surface area contributed by atoms with E-state index in [9.17, 15) is 14.4 Å². The van der Waals surface area contributed by atoms with Gasteiger partial charge in [0.05, 0.1) is 12.2 Å². The number of nitrogens with zero attached hydrogens (tertiary/aromatic N) is 4. The lowest BCUT2D eigenvalue weighted by Gasteiger charge is -2.29. The lowest BCUT2D eigenvalue weighted by Crippen LogP contribution is -2.52. The second-order valence-electron chi connectivity index (χ2n) is 7.96. The van der Waals surface area contributed by atoms with Crippen molar-refractivity contribution in [1.82, 2.24) is 25.2 Å². The molecule has 2 aliphatic rings. The Morgan fingerprint density at radius 3 is 2.68 bits per heavy atom. The molecule has 5 rings (SSSR count). The summed E-state index contributed by atoms with van der Waals surface area (Å²) in [6.45, 7) is 0.909. The minimum atomic E-state index is -0.600. The van der Waals surface area contributed by atoms with E-state index in [0.29, 0.717) is 25.1 Å². The minimum absolute atomic E-state index is 0.165. The number of aromatic nitrogens is 3. The van der Waals surface area contributed by atoms with Crippen LogP contribution in [0, 0.1) is 0 Å². The molecule has 1 aromatic heterocycles. The van der Waals surface area contributed by atoms with Crippen LogP contribution in [0.3, 0.4) is 0 Å². The van der Waals surface area contributed by atoms with Crippen LogP contribution in [0.4, 0.5) is 0 Å². The zero-order chi connectivity index (χ0) is 21.4. The van der Waals surface area contributed by atoms with E-state index >= 15 is 0 Å². The number of imide groups is 1. The fraction of sp³-hybridized carbons (Fsp3) is 0.261. The van der Waals surface area contributed by atoms with Crippen LogP contribution in [0.5, 0.6) is 0 Å². The first kappa shape index (κ1) is 19.2. The van der Waals surface area contributed by atoms with Crippen molar-refractivity contribution in [2.24, 2.45) is 0 Å². The molecule has 0 bridgehead atoms. The van der Waals surface area contributed by atoms with Gasteiger partial charge in [-0.3, -0.25) is 19.7 Å². The molecule has 0 spiro atoms. The molecule has 8 nitrogen and oxygen atoms in total. The largest absolute Gasteiger partial charge is 0.322 e. The summed E-state index contributed by atoms with van der Waals surface area (Å²) in [5.74, 6) is -0.847. The molecule has 3 heterocycles. The third-order valence-electron chi connectivity index (χ3n) is 5.75. The summed E-state index contributed by atoms with van der Waals surface area (Å²) in [5.41, 5.74) is 4.58. The first-order chi connectivity index (χ1) is 15.1. The fourth-order valence-electron chi connectivity index (χ4n) is 4.22. The second kappa shape index (κ2) is 7.79. The molecular formula is C23H21N5O3. The van der Waals surface area contributed by atoms with Gasteiger partial charge in [-0.1, -0.05) is 47.7 Å². The van der Waals surface area contributed by atoms with Crippen LogP contribution in [-0.2, 0) is 29.1 Å². The SMILES string of the molecule is O=C1CCC(N2Cc3cc(Cn4cc(Cc5ccccc5)nn4)ccc3C2=O)C(=O)N1. The van der Waals surface area contributed by atoms with Gasteiger partial charge in [-0.05, 0) is 29.2 Å². The zero-order valence-corrected chi connectivity index (χ0v) is 16.8. The van der Waals surface area contributed by atoms with Gasteiger partial charge in [-0.2, -0.15) is 0 Å². The Hall–Kier alpha value is -3.81. The fourth-order valence-corrected chi connectivity index (χ4v) is 4.22. The number of piperidine rings is 1. The van der Waals surface area contributed by atoms with Gasteiger partial charge in [0.15, 0.2) is 0 Å². The zero-order valence-electron chi connectivity index (χ0n) is 16.8. The van der Waals surface area contributed by atoms with Gasteiger partial charge < -0.3 is 4.90 Å². The summed E-state index contributed by atoms with van der Waals surface area (Å²) in [7, 11) is 0. The third-order valence-corrected chi connectivity index (χ3v) is 5.75. The van der Waals surface area contributed by atoms with E-state index in [1.807, 2.05) is 36.5 Å². The summed E-state index contributed by atoms with van der Waals surface area (Å²) in [4.78, 5) is 38.0. The highest BCUT2D eigenvalue weighted by molar-refractivity contribution is 6.05. The highest BCUT2D eigenvalue weighted by atomic mass is 16.2. The van der Waals surface area contributed by atoms with E-state index in [1.54, 1.807) is 15.6 Å². The van der Waals surface area contributed by atoms with Crippen LogP contribution in [0.2, 0.25) is 0 Å². The molecule has 1 N–H and O–H groups in total. The van der Waals surface area contributed by atoms with Crippen LogP contribution in [-0.4, -0.2) is 43.7 Å². The molecule has 1 fully saturated rings. The van der Waals surface area contributed by atoms with Crippen LogP contribution >= 0.6 is 0 Å². The lowest BCUT2D eigenvalue weighted by atomic mass is 10.0. The molecule has 156 valence electrons. The molecule has 3 amide bonds. The molecule has 3 aromatic rings. The Bertz CT molecular complexity index is 1170. The number of carbonyl (C=O) groups is 3. The number of rotatable bonds is 5. The van der Waals surface area contributed by atoms with E-state index < -0.39 is 11.9 Å². The Balaban J connectivity index is 1.28. The number of amides is 3. The van der Waals surface area contributed by atoms with Crippen molar-refractivity contribution in [2.75, 3.05) is 0 Å². The first-order valence-electron chi connectivity index (χ1n) is 10.3. The van der Waals surface area contributed by atoms with Crippen LogP contribution < -0.4 is 5.32 Å². The Morgan fingerprint density at radius 2 is 1.87 bits per heavy atom. The van der Waals surface area contributed by atoms with Gasteiger partial charge in [0.2, 0.25) is 11.8 Å². The molecule has 0 aliphatic carbocycles. The van der Waals surface area contributed by atoms with Crippen LogP contribution in [0.1, 0.15) is 45.6 Å². The van der Waals surface area contributed by atoms with Gasteiger partial charge in [0.1, 0.15) is 6.04 Å². The van der Waals surface area contributed by atoms with E-state index in [0.717, 1.165) is 23.2 Å². The predicted octanol–water partition coefficient (Wildman–Crippen LogP) is 1.68. The van der Waals surface area contributed by atoms with Gasteiger partial charge >= 0.3 is 0 Å². The van der Waals surface area contributed by atoms with Crippen molar-refractivity contribution in [3.05, 3.63) is 82.7 Å². The van der Waals surface area contributed by atoms with Crippen molar-refractivity contribution in [3.8, 4) is 0 Å². The van der Waals surface area contributed by atoms with Gasteiger partial charge in [0, 0.05) is 31.1 Å². The monoisotopic (exact) mass is 415 g/mol. The summed E-state index contributed by atoms with van der Waals surface area (Å²) < 4.78 is 1.79. The Morgan fingerprint density at radius 1 is 1.03 bits per heavy atom. The topological polar surface area (TPSA) is 97.2 Å². The number of nitrogens with one attached hydrogen (secondary N) is 1. The smallest absolute Gasteiger partial charge is 0.255 e. The maximum Gasteiger partial charge on any atom is 0.255 e. The molecule has 0 radical (unpaired) electrons. The van der Waals surface area contributed by atoms with Crippen molar-refractivity contribution >= 4 is 17.7 Å². The first-order valence-corrected chi connectivity index (χ1v) is 10.3. The van der Waals surface area contributed by atoms with Crippen LogP contribution in [0.25, 0.3) is 0 Å². The molecule has 1 atom stereocenters. The highest BCUT2D eigenvalue weighted by Gasteiger charge is 2.39. The number of hydrogen-bond acceptors (Lipinski definition) is 5. The minimum Gasteiger partial charge on any atom is -0.322 e. The molecule has 0 saturated carbocycles. The average molecular weight is 415 g/mol. The number of fused-ring (bicyclic) bond motifs is 1. The highest BCUT2D eigenvalue weighted by Crippen LogP contribution is 2.28. The van der Waals surface area contributed by atoms with Gasteiger partial charge in [0.25, 0.3) is 5.91 Å². The van der Waals surface area contributed by atoms with E-state index in [1.165, 1.54) is 5.56 Å². The van der Waals surface area contributed by atoms with E-state index in [-0.39, 0.29) is 18.2 Å². The molecule has 2 aromatic carbocycles. The maximum atomic E-state index is 12.8. The summed E-state index contributed by atoms with van der Waals surface area (Å²) >= 11 is 0. The van der Waals surface area contributed by atoms with Crippen molar-refractivity contribution in [3.63, 3.8) is 0 Å². The van der Waals surface area contributed by atoms with Gasteiger partial charge in [-0.25, -0.2) is 4.68 Å². The van der Waals surface area contributed by atoms with Crippen molar-refractivity contribution < 1.29 is 14.4 Å². The molecule has 2 aliphatic heterocycles. The quantitative estimate of drug-likeness (QED) is 0.640. The van der Waals surface area contributed by atoms with E-state index in [2.05, 4.69) is 27.8 Å². The average Bonchev–Trinajstić information content (AvgIpc) is 3.33. The van der Waals surface area contributed by atoms with Crippen LogP contribution in [0.15, 0.2) is 54.7 Å². The number of hydrogen-bond donors (Lipinski definition) is 1. The van der Waals surface area contributed by atoms with Gasteiger partial charge in [-0.15, -0.1) is 5.10 Å². The molecular weight excluding hydrogens is 394 g/mol. The molecule has 1 unspecified atom stereocenters. The lowest BCUT2D eigenvalue weighted by molar-refractivity contribution is -0.136. The Labute approximate surface area is 178 Å². The van der Waals surface area contributed by atoms with Crippen molar-refractivity contribution in [1.29, 1.82) is 0 Å². The Kier molecular flexibility index (Phi) is 4.82. The predicted molar refractivity (Wildman–Crippen MR) is 111 cm³/mol. The summed E-state index contributed by atoms with van der Waals surface area (Å²) in [6, 6.07) is 15.2. The third kappa shape index (κ3) is 3.84. The molecule has 1 saturated heterocycles. The second-order valence-corrected chi connectivity index (χ2v) is 7.96. The number of benzene rings is 2. The number of carbonyl (C=O) groups excluding carboxylic acids is 3. The molecule has 31 heavy (non-hydrogen) atoms. The van der Waals surface area contributed by atoms with Crippen molar-refractivity contribution in [2.45, 2.75) is 38.4 Å². The van der Waals surface area contributed by atoms with E-state index in [4.69, 9.17) is 0 Å². The molecule has 8 heteroatoms. The summed E-state index contributed by atoms with van der Waals surface area (Å²) in [5, 5.41) is 10.8. The normalized spacial score (nSPS) is 18.3. The maximum absolute atomic E-state index is 12.8. The standard InChI is InChI=1S/C23H21N5O3/c29-21-9-8-20(22(30)24-21)28-13-17-10-16(6-7-19(17)23(28)31)12-27-14-18(25-26-27)11-15-4-2-1-3-5-15/h1-7,10,14,20H,8-9,11-13H2,(H,24,29,30).